The van der Waals surface area contributed by atoms with Crippen LogP contribution >= 0.6 is 0 Å². The van der Waals surface area contributed by atoms with E-state index in [4.69, 9.17) is 4.74 Å². The SMILES string of the molecule is COc1ccc(/C(=C/c2ccccc2)CC(=O)NCCc2ccccn2)cc1. The number of aromatic nitrogens is 1. The van der Waals surface area contributed by atoms with Crippen molar-refractivity contribution in [1.82, 2.24) is 10.3 Å². The van der Waals surface area contributed by atoms with E-state index in [0.717, 1.165) is 28.1 Å². The molecule has 28 heavy (non-hydrogen) atoms. The molecule has 0 unspecified atom stereocenters. The first-order chi connectivity index (χ1) is 13.7. The number of hydrogen-bond donors (Lipinski definition) is 1. The van der Waals surface area contributed by atoms with Gasteiger partial charge in [-0.25, -0.2) is 0 Å². The molecule has 142 valence electrons. The van der Waals surface area contributed by atoms with Gasteiger partial charge in [-0.2, -0.15) is 0 Å². The fourth-order valence-electron chi connectivity index (χ4n) is 2.90. The summed E-state index contributed by atoms with van der Waals surface area (Å²) < 4.78 is 5.24. The minimum atomic E-state index is -0.00562. The summed E-state index contributed by atoms with van der Waals surface area (Å²) in [5.41, 5.74) is 4.00. The molecule has 0 saturated carbocycles. The molecule has 1 aromatic heterocycles. The number of carbonyl (C=O) groups excluding carboxylic acids is 1. The topological polar surface area (TPSA) is 51.2 Å². The van der Waals surface area contributed by atoms with Crippen molar-refractivity contribution in [2.24, 2.45) is 0 Å². The minimum absolute atomic E-state index is 0.00562. The maximum Gasteiger partial charge on any atom is 0.224 e. The number of benzene rings is 2. The largest absolute Gasteiger partial charge is 0.497 e. The van der Waals surface area contributed by atoms with E-state index in [-0.39, 0.29) is 5.91 Å². The minimum Gasteiger partial charge on any atom is -0.497 e. The molecule has 4 heteroatoms. The first-order valence-corrected chi connectivity index (χ1v) is 9.31. The number of rotatable bonds is 8. The molecule has 3 aromatic rings. The van der Waals surface area contributed by atoms with Crippen molar-refractivity contribution in [2.75, 3.05) is 13.7 Å². The third kappa shape index (κ3) is 5.81. The van der Waals surface area contributed by atoms with E-state index < -0.39 is 0 Å². The van der Waals surface area contributed by atoms with E-state index in [1.54, 1.807) is 13.3 Å². The van der Waals surface area contributed by atoms with Gasteiger partial charge in [-0.3, -0.25) is 9.78 Å². The van der Waals surface area contributed by atoms with Crippen molar-refractivity contribution in [3.63, 3.8) is 0 Å². The Morgan fingerprint density at radius 2 is 1.75 bits per heavy atom. The second-order valence-corrected chi connectivity index (χ2v) is 6.41. The molecule has 1 amide bonds. The molecular formula is C24H24N2O2. The second kappa shape index (κ2) is 10.1. The Bertz CT molecular complexity index is 904. The molecule has 0 bridgehead atoms. The summed E-state index contributed by atoms with van der Waals surface area (Å²) in [7, 11) is 1.64. The summed E-state index contributed by atoms with van der Waals surface area (Å²) in [5.74, 6) is 0.788. The molecule has 3 rings (SSSR count). The van der Waals surface area contributed by atoms with E-state index in [0.29, 0.717) is 19.4 Å². The van der Waals surface area contributed by atoms with Crippen LogP contribution in [0.5, 0.6) is 5.75 Å². The molecule has 4 nitrogen and oxygen atoms in total. The standard InChI is InChI=1S/C24H24N2O2/c1-28-23-12-10-20(11-13-23)21(17-19-7-3-2-4-8-19)18-24(27)26-16-14-22-9-5-6-15-25-22/h2-13,15,17H,14,16,18H2,1H3,(H,26,27)/b21-17+. The highest BCUT2D eigenvalue weighted by Crippen LogP contribution is 2.24. The Morgan fingerprint density at radius 1 is 1.00 bits per heavy atom. The van der Waals surface area contributed by atoms with Crippen LogP contribution in [0, 0.1) is 0 Å². The van der Waals surface area contributed by atoms with E-state index >= 15 is 0 Å². The number of methoxy groups -OCH3 is 1. The quantitative estimate of drug-likeness (QED) is 0.597. The summed E-state index contributed by atoms with van der Waals surface area (Å²) in [5, 5.41) is 3.00. The van der Waals surface area contributed by atoms with Gasteiger partial charge in [-0.05, 0) is 41.0 Å². The van der Waals surface area contributed by atoms with Gasteiger partial charge in [0.1, 0.15) is 5.75 Å². The highest BCUT2D eigenvalue weighted by molar-refractivity contribution is 5.94. The molecule has 0 radical (unpaired) electrons. The van der Waals surface area contributed by atoms with E-state index in [2.05, 4.69) is 16.4 Å². The molecule has 0 fully saturated rings. The number of pyridine rings is 1. The van der Waals surface area contributed by atoms with Gasteiger partial charge in [0.05, 0.1) is 13.5 Å². The highest BCUT2D eigenvalue weighted by Gasteiger charge is 2.09. The van der Waals surface area contributed by atoms with Crippen LogP contribution in [-0.4, -0.2) is 24.5 Å². The number of amides is 1. The first kappa shape index (κ1) is 19.4. The molecular weight excluding hydrogens is 348 g/mol. The van der Waals surface area contributed by atoms with Crippen molar-refractivity contribution in [3.8, 4) is 5.75 Å². The number of carbonyl (C=O) groups is 1. The molecule has 0 atom stereocenters. The average Bonchev–Trinajstić information content (AvgIpc) is 2.75. The molecule has 1 heterocycles. The van der Waals surface area contributed by atoms with E-state index in [1.165, 1.54) is 0 Å². The van der Waals surface area contributed by atoms with Crippen molar-refractivity contribution >= 4 is 17.6 Å². The fourth-order valence-corrected chi connectivity index (χ4v) is 2.90. The van der Waals surface area contributed by atoms with Crippen LogP contribution in [0.3, 0.4) is 0 Å². The lowest BCUT2D eigenvalue weighted by Crippen LogP contribution is -2.25. The van der Waals surface area contributed by atoms with Crippen molar-refractivity contribution in [1.29, 1.82) is 0 Å². The van der Waals surface area contributed by atoms with Crippen molar-refractivity contribution in [2.45, 2.75) is 12.8 Å². The number of ether oxygens (including phenoxy) is 1. The average molecular weight is 372 g/mol. The predicted molar refractivity (Wildman–Crippen MR) is 113 cm³/mol. The highest BCUT2D eigenvalue weighted by atomic mass is 16.5. The van der Waals surface area contributed by atoms with Gasteiger partial charge in [0, 0.05) is 24.9 Å². The third-order valence-electron chi connectivity index (χ3n) is 4.38. The first-order valence-electron chi connectivity index (χ1n) is 9.31. The van der Waals surface area contributed by atoms with Gasteiger partial charge >= 0.3 is 0 Å². The zero-order valence-corrected chi connectivity index (χ0v) is 16.0. The predicted octanol–water partition coefficient (Wildman–Crippen LogP) is 4.38. The fraction of sp³-hybridized carbons (Fsp3) is 0.167. The third-order valence-corrected chi connectivity index (χ3v) is 4.38. The molecule has 0 spiro atoms. The Morgan fingerprint density at radius 3 is 2.43 bits per heavy atom. The van der Waals surface area contributed by atoms with Crippen LogP contribution in [0.15, 0.2) is 79.0 Å². The van der Waals surface area contributed by atoms with Gasteiger partial charge < -0.3 is 10.1 Å². The lowest BCUT2D eigenvalue weighted by Gasteiger charge is -2.10. The van der Waals surface area contributed by atoms with Crippen LogP contribution in [0.25, 0.3) is 11.6 Å². The Kier molecular flexibility index (Phi) is 6.96. The van der Waals surface area contributed by atoms with Crippen molar-refractivity contribution < 1.29 is 9.53 Å². The second-order valence-electron chi connectivity index (χ2n) is 6.41. The van der Waals surface area contributed by atoms with Crippen LogP contribution in [0.2, 0.25) is 0 Å². The Hall–Kier alpha value is -3.40. The summed E-state index contributed by atoms with van der Waals surface area (Å²) in [6.45, 7) is 0.567. The van der Waals surface area contributed by atoms with Crippen LogP contribution in [0.4, 0.5) is 0 Å². The van der Waals surface area contributed by atoms with Crippen molar-refractivity contribution in [3.05, 3.63) is 95.8 Å². The van der Waals surface area contributed by atoms with Gasteiger partial charge in [0.15, 0.2) is 0 Å². The van der Waals surface area contributed by atoms with Crippen LogP contribution in [0.1, 0.15) is 23.2 Å². The Labute approximate surface area is 165 Å². The maximum absolute atomic E-state index is 12.5. The van der Waals surface area contributed by atoms with Gasteiger partial charge in [-0.15, -0.1) is 0 Å². The van der Waals surface area contributed by atoms with Crippen LogP contribution in [-0.2, 0) is 11.2 Å². The number of nitrogens with one attached hydrogen (secondary N) is 1. The van der Waals surface area contributed by atoms with Crippen LogP contribution < -0.4 is 10.1 Å². The van der Waals surface area contributed by atoms with E-state index in [1.807, 2.05) is 72.8 Å². The van der Waals surface area contributed by atoms with Gasteiger partial charge in [0.2, 0.25) is 5.91 Å². The molecule has 2 aromatic carbocycles. The lowest BCUT2D eigenvalue weighted by atomic mass is 9.99. The molecule has 0 aliphatic heterocycles. The maximum atomic E-state index is 12.5. The monoisotopic (exact) mass is 372 g/mol. The smallest absolute Gasteiger partial charge is 0.224 e. The summed E-state index contributed by atoms with van der Waals surface area (Å²) in [4.78, 5) is 16.8. The Balaban J connectivity index is 1.69. The molecule has 1 N–H and O–H groups in total. The molecule has 0 saturated heterocycles. The molecule has 0 aliphatic rings. The number of nitrogens with zero attached hydrogens (tertiary/aromatic N) is 1. The normalized spacial score (nSPS) is 11.1. The summed E-state index contributed by atoms with van der Waals surface area (Å²) >= 11 is 0. The summed E-state index contributed by atoms with van der Waals surface area (Å²) in [6.07, 6.45) is 4.85. The van der Waals surface area contributed by atoms with Gasteiger partial charge in [0.25, 0.3) is 0 Å². The van der Waals surface area contributed by atoms with Gasteiger partial charge in [-0.1, -0.05) is 54.6 Å². The molecule has 0 aliphatic carbocycles. The number of hydrogen-bond acceptors (Lipinski definition) is 3. The zero-order valence-electron chi connectivity index (χ0n) is 16.0. The van der Waals surface area contributed by atoms with E-state index in [9.17, 15) is 4.79 Å². The summed E-state index contributed by atoms with van der Waals surface area (Å²) in [6, 6.07) is 23.6. The lowest BCUT2D eigenvalue weighted by molar-refractivity contribution is -0.120. The zero-order chi connectivity index (χ0) is 19.6.